The van der Waals surface area contributed by atoms with Crippen LogP contribution in [0.4, 0.5) is 0 Å². The van der Waals surface area contributed by atoms with E-state index >= 15 is 0 Å². The molecule has 0 heterocycles. The fourth-order valence-electron chi connectivity index (χ4n) is 1.40. The van der Waals surface area contributed by atoms with Gasteiger partial charge in [0.15, 0.2) is 11.5 Å². The van der Waals surface area contributed by atoms with Crippen LogP contribution in [0.25, 0.3) is 0 Å². The summed E-state index contributed by atoms with van der Waals surface area (Å²) >= 11 is 0. The van der Waals surface area contributed by atoms with E-state index in [4.69, 9.17) is 15.6 Å². The number of carbonyl (C=O) groups is 1. The molecule has 0 spiro atoms. The van der Waals surface area contributed by atoms with E-state index in [1.165, 1.54) is 18.2 Å². The minimum Gasteiger partial charge on any atom is -0.504 e. The minimum absolute atomic E-state index is 0.00563. The summed E-state index contributed by atoms with van der Waals surface area (Å²) in [6.45, 7) is 2.19. The van der Waals surface area contributed by atoms with Gasteiger partial charge in [-0.3, -0.25) is 4.79 Å². The maximum absolute atomic E-state index is 10.9. The lowest BCUT2D eigenvalue weighted by Gasteiger charge is -2.12. The molecule has 0 saturated heterocycles. The highest BCUT2D eigenvalue weighted by molar-refractivity contribution is 5.76. The number of phenolic OH excluding ortho intramolecular Hbond substituents is 1. The van der Waals surface area contributed by atoms with Crippen molar-refractivity contribution in [2.24, 2.45) is 5.73 Å². The standard InChI is InChI=1S/C11H15NO4/c1-2-16-10-5-7(3-4-9(10)13)8(6-12)11(14)15/h3-5,8,13H,2,6,12H2,1H3,(H,14,15). The van der Waals surface area contributed by atoms with Crippen molar-refractivity contribution in [3.63, 3.8) is 0 Å². The molecule has 0 amide bonds. The topological polar surface area (TPSA) is 92.8 Å². The highest BCUT2D eigenvalue weighted by Crippen LogP contribution is 2.29. The molecule has 5 heteroatoms. The van der Waals surface area contributed by atoms with Gasteiger partial charge in [-0.2, -0.15) is 0 Å². The fourth-order valence-corrected chi connectivity index (χ4v) is 1.40. The third-order valence-electron chi connectivity index (χ3n) is 2.22. The molecule has 5 nitrogen and oxygen atoms in total. The predicted molar refractivity (Wildman–Crippen MR) is 58.7 cm³/mol. The van der Waals surface area contributed by atoms with Crippen molar-refractivity contribution in [1.29, 1.82) is 0 Å². The van der Waals surface area contributed by atoms with Crippen molar-refractivity contribution in [2.75, 3.05) is 13.2 Å². The molecule has 1 rings (SSSR count). The number of aromatic hydroxyl groups is 1. The highest BCUT2D eigenvalue weighted by Gasteiger charge is 2.19. The molecule has 0 aliphatic heterocycles. The number of phenols is 1. The van der Waals surface area contributed by atoms with Crippen LogP contribution in [0, 0.1) is 0 Å². The quantitative estimate of drug-likeness (QED) is 0.692. The lowest BCUT2D eigenvalue weighted by atomic mass is 9.99. The second kappa shape index (κ2) is 5.37. The number of nitrogens with two attached hydrogens (primary N) is 1. The van der Waals surface area contributed by atoms with E-state index in [-0.39, 0.29) is 18.0 Å². The van der Waals surface area contributed by atoms with Gasteiger partial charge in [0, 0.05) is 6.54 Å². The van der Waals surface area contributed by atoms with Crippen LogP contribution in [0.5, 0.6) is 11.5 Å². The Morgan fingerprint density at radius 2 is 2.25 bits per heavy atom. The van der Waals surface area contributed by atoms with Gasteiger partial charge in [-0.15, -0.1) is 0 Å². The molecule has 0 bridgehead atoms. The number of carboxylic acids is 1. The summed E-state index contributed by atoms with van der Waals surface area (Å²) in [5.41, 5.74) is 5.91. The average Bonchev–Trinajstić information content (AvgIpc) is 2.23. The molecule has 0 saturated carbocycles. The van der Waals surface area contributed by atoms with Crippen molar-refractivity contribution in [3.8, 4) is 11.5 Å². The number of hydrogen-bond donors (Lipinski definition) is 3. The maximum atomic E-state index is 10.9. The summed E-state index contributed by atoms with van der Waals surface area (Å²) in [6, 6.07) is 4.44. The van der Waals surface area contributed by atoms with E-state index in [0.717, 1.165) is 0 Å². The third-order valence-corrected chi connectivity index (χ3v) is 2.22. The van der Waals surface area contributed by atoms with Gasteiger partial charge in [0.2, 0.25) is 0 Å². The zero-order chi connectivity index (χ0) is 12.1. The summed E-state index contributed by atoms with van der Waals surface area (Å²) in [5, 5.41) is 18.4. The molecule has 16 heavy (non-hydrogen) atoms. The van der Waals surface area contributed by atoms with Gasteiger partial charge in [0.25, 0.3) is 0 Å². The summed E-state index contributed by atoms with van der Waals surface area (Å²) in [4.78, 5) is 10.9. The Morgan fingerprint density at radius 1 is 1.56 bits per heavy atom. The van der Waals surface area contributed by atoms with E-state index in [1.54, 1.807) is 6.92 Å². The van der Waals surface area contributed by atoms with Gasteiger partial charge in [-0.25, -0.2) is 0 Å². The first-order valence-electron chi connectivity index (χ1n) is 4.98. The Hall–Kier alpha value is -1.75. The zero-order valence-corrected chi connectivity index (χ0v) is 9.01. The zero-order valence-electron chi connectivity index (χ0n) is 9.01. The molecule has 0 aliphatic rings. The van der Waals surface area contributed by atoms with Crippen LogP contribution in [-0.2, 0) is 4.79 Å². The molecule has 4 N–H and O–H groups in total. The average molecular weight is 225 g/mol. The second-order valence-corrected chi connectivity index (χ2v) is 3.29. The highest BCUT2D eigenvalue weighted by atomic mass is 16.5. The Morgan fingerprint density at radius 3 is 2.75 bits per heavy atom. The van der Waals surface area contributed by atoms with Crippen molar-refractivity contribution in [3.05, 3.63) is 23.8 Å². The number of ether oxygens (including phenoxy) is 1. The van der Waals surface area contributed by atoms with Crippen LogP contribution < -0.4 is 10.5 Å². The molecule has 1 unspecified atom stereocenters. The van der Waals surface area contributed by atoms with Crippen molar-refractivity contribution in [1.82, 2.24) is 0 Å². The van der Waals surface area contributed by atoms with Crippen LogP contribution in [0.1, 0.15) is 18.4 Å². The number of aliphatic carboxylic acids is 1. The van der Waals surface area contributed by atoms with E-state index < -0.39 is 11.9 Å². The molecule has 1 aromatic carbocycles. The predicted octanol–water partition coefficient (Wildman–Crippen LogP) is 0.918. The van der Waals surface area contributed by atoms with E-state index in [0.29, 0.717) is 12.2 Å². The molecule has 0 aliphatic carbocycles. The second-order valence-electron chi connectivity index (χ2n) is 3.29. The number of rotatable bonds is 5. The van der Waals surface area contributed by atoms with E-state index in [1.807, 2.05) is 0 Å². The summed E-state index contributed by atoms with van der Waals surface area (Å²) in [6.07, 6.45) is 0. The van der Waals surface area contributed by atoms with Crippen LogP contribution in [0.2, 0.25) is 0 Å². The smallest absolute Gasteiger partial charge is 0.312 e. The third kappa shape index (κ3) is 2.64. The Bertz CT molecular complexity index is 378. The largest absolute Gasteiger partial charge is 0.504 e. The van der Waals surface area contributed by atoms with Gasteiger partial charge >= 0.3 is 5.97 Å². The van der Waals surface area contributed by atoms with Crippen molar-refractivity contribution < 1.29 is 19.7 Å². The molecule has 1 aromatic rings. The van der Waals surface area contributed by atoms with E-state index in [2.05, 4.69) is 0 Å². The van der Waals surface area contributed by atoms with Crippen molar-refractivity contribution in [2.45, 2.75) is 12.8 Å². The van der Waals surface area contributed by atoms with Gasteiger partial charge in [0.05, 0.1) is 12.5 Å². The molecular weight excluding hydrogens is 210 g/mol. The fraction of sp³-hybridized carbons (Fsp3) is 0.364. The molecule has 88 valence electrons. The number of carboxylic acid groups (broad SMARTS) is 1. The van der Waals surface area contributed by atoms with Gasteiger partial charge in [0.1, 0.15) is 0 Å². The van der Waals surface area contributed by atoms with E-state index in [9.17, 15) is 9.90 Å². The van der Waals surface area contributed by atoms with Crippen LogP contribution in [-0.4, -0.2) is 29.3 Å². The maximum Gasteiger partial charge on any atom is 0.312 e. The van der Waals surface area contributed by atoms with Crippen LogP contribution in [0.15, 0.2) is 18.2 Å². The van der Waals surface area contributed by atoms with Gasteiger partial charge < -0.3 is 20.7 Å². The molecule has 0 radical (unpaired) electrons. The van der Waals surface area contributed by atoms with Crippen LogP contribution in [0.3, 0.4) is 0 Å². The molecular formula is C11H15NO4. The Labute approximate surface area is 93.5 Å². The monoisotopic (exact) mass is 225 g/mol. The lowest BCUT2D eigenvalue weighted by Crippen LogP contribution is -2.21. The van der Waals surface area contributed by atoms with Gasteiger partial charge in [-0.05, 0) is 24.6 Å². The molecule has 1 atom stereocenters. The van der Waals surface area contributed by atoms with Gasteiger partial charge in [-0.1, -0.05) is 6.07 Å². The normalized spacial score (nSPS) is 12.1. The molecule has 0 fully saturated rings. The first-order valence-corrected chi connectivity index (χ1v) is 4.98. The SMILES string of the molecule is CCOc1cc(C(CN)C(=O)O)ccc1O. The Kier molecular flexibility index (Phi) is 4.13. The molecule has 0 aromatic heterocycles. The number of benzene rings is 1. The summed E-state index contributed by atoms with van der Waals surface area (Å²) in [7, 11) is 0. The van der Waals surface area contributed by atoms with Crippen molar-refractivity contribution >= 4 is 5.97 Å². The summed E-state index contributed by atoms with van der Waals surface area (Å²) < 4.78 is 5.17. The first-order chi connectivity index (χ1) is 7.60. The number of hydrogen-bond acceptors (Lipinski definition) is 4. The minimum atomic E-state index is -0.990. The van der Waals surface area contributed by atoms with Crippen LogP contribution >= 0.6 is 0 Å². The lowest BCUT2D eigenvalue weighted by molar-refractivity contribution is -0.138. The summed E-state index contributed by atoms with van der Waals surface area (Å²) in [5.74, 6) is -1.50. The first kappa shape index (κ1) is 12.3. The Balaban J connectivity index is 3.05.